The number of nitrogens with one attached hydrogen (secondary N) is 1. The summed E-state index contributed by atoms with van der Waals surface area (Å²) in [7, 11) is 2.00. The molecule has 40 valence electrons. The van der Waals surface area contributed by atoms with Gasteiger partial charge in [-0.2, -0.15) is 0 Å². The maximum Gasteiger partial charge on any atom is 0.0308 e. The molecule has 0 aromatic carbocycles. The van der Waals surface area contributed by atoms with Crippen molar-refractivity contribution in [3.8, 4) is 0 Å². The summed E-state index contributed by atoms with van der Waals surface area (Å²) in [5.74, 6) is 0. The molecule has 1 aliphatic rings. The van der Waals surface area contributed by atoms with E-state index < -0.39 is 0 Å². The fourth-order valence-electron chi connectivity index (χ4n) is 0.817. The number of rotatable bonds is 1. The van der Waals surface area contributed by atoms with E-state index in [9.17, 15) is 0 Å². The molecule has 0 spiro atoms. The van der Waals surface area contributed by atoms with E-state index in [2.05, 4.69) is 18.3 Å². The third-order valence-corrected chi connectivity index (χ3v) is 1.57. The molecule has 0 fully saturated rings. The molecule has 1 atom stereocenters. The first kappa shape index (κ1) is 4.85. The van der Waals surface area contributed by atoms with E-state index in [1.165, 1.54) is 12.0 Å². The van der Waals surface area contributed by atoms with Crippen LogP contribution in [-0.2, 0) is 0 Å². The van der Waals surface area contributed by atoms with E-state index in [1.807, 2.05) is 7.05 Å². The zero-order valence-corrected chi connectivity index (χ0v) is 4.86. The highest BCUT2D eigenvalue weighted by molar-refractivity contribution is 5.19. The summed E-state index contributed by atoms with van der Waals surface area (Å²) in [6, 6.07) is 0.694. The Morgan fingerprint density at radius 2 is 2.57 bits per heavy atom. The molecule has 0 radical (unpaired) electrons. The van der Waals surface area contributed by atoms with Gasteiger partial charge in [-0.1, -0.05) is 11.6 Å². The molecule has 1 heteroatoms. The Hall–Kier alpha value is -0.300. The molecule has 0 amide bonds. The van der Waals surface area contributed by atoms with Crippen LogP contribution in [0, 0.1) is 0 Å². The van der Waals surface area contributed by atoms with Crippen molar-refractivity contribution >= 4 is 0 Å². The van der Waals surface area contributed by atoms with Gasteiger partial charge in [0.15, 0.2) is 0 Å². The summed E-state index contributed by atoms with van der Waals surface area (Å²) < 4.78 is 0. The van der Waals surface area contributed by atoms with Gasteiger partial charge in [0, 0.05) is 6.04 Å². The fraction of sp³-hybridized carbons (Fsp3) is 0.667. The summed E-state index contributed by atoms with van der Waals surface area (Å²) in [5, 5.41) is 3.18. The largest absolute Gasteiger partial charge is 0.313 e. The van der Waals surface area contributed by atoms with Crippen molar-refractivity contribution in [1.29, 1.82) is 0 Å². The predicted octanol–water partition coefficient (Wildman–Crippen LogP) is 0.924. The number of hydrogen-bond donors (Lipinski definition) is 1. The van der Waals surface area contributed by atoms with Crippen LogP contribution in [0.4, 0.5) is 0 Å². The summed E-state index contributed by atoms with van der Waals surface area (Å²) in [4.78, 5) is 0. The predicted molar refractivity (Wildman–Crippen MR) is 31.2 cm³/mol. The maximum atomic E-state index is 3.18. The first-order valence-corrected chi connectivity index (χ1v) is 2.68. The second-order valence-corrected chi connectivity index (χ2v) is 2.03. The second kappa shape index (κ2) is 1.66. The molecule has 0 aromatic heterocycles. The Balaban J connectivity index is 2.37. The Morgan fingerprint density at radius 1 is 1.86 bits per heavy atom. The van der Waals surface area contributed by atoms with Crippen molar-refractivity contribution in [2.75, 3.05) is 7.05 Å². The van der Waals surface area contributed by atoms with Gasteiger partial charge in [0.05, 0.1) is 0 Å². The Bertz CT molecular complexity index is 94.4. The molecule has 1 N–H and O–H groups in total. The Labute approximate surface area is 44.4 Å². The SMILES string of the molecule is CNC1CC=C1C. The van der Waals surface area contributed by atoms with Crippen molar-refractivity contribution in [2.45, 2.75) is 19.4 Å². The molecule has 1 nitrogen and oxygen atoms in total. The van der Waals surface area contributed by atoms with Crippen LogP contribution >= 0.6 is 0 Å². The number of hydrogen-bond acceptors (Lipinski definition) is 1. The van der Waals surface area contributed by atoms with E-state index in [-0.39, 0.29) is 0 Å². The van der Waals surface area contributed by atoms with E-state index >= 15 is 0 Å². The highest BCUT2D eigenvalue weighted by Crippen LogP contribution is 2.16. The van der Waals surface area contributed by atoms with E-state index in [0.717, 1.165) is 0 Å². The van der Waals surface area contributed by atoms with Crippen LogP contribution in [0.15, 0.2) is 11.6 Å². The molecule has 1 aliphatic carbocycles. The Kier molecular flexibility index (Phi) is 1.15. The number of likely N-dealkylation sites (N-methyl/N-ethyl adjacent to an activating group) is 1. The molecule has 0 saturated carbocycles. The molecule has 0 bridgehead atoms. The van der Waals surface area contributed by atoms with Gasteiger partial charge in [-0.3, -0.25) is 0 Å². The third kappa shape index (κ3) is 0.682. The zero-order chi connectivity index (χ0) is 5.28. The minimum Gasteiger partial charge on any atom is -0.313 e. The van der Waals surface area contributed by atoms with Crippen molar-refractivity contribution in [3.63, 3.8) is 0 Å². The smallest absolute Gasteiger partial charge is 0.0308 e. The maximum absolute atomic E-state index is 3.18. The van der Waals surface area contributed by atoms with Crippen LogP contribution in [0.2, 0.25) is 0 Å². The van der Waals surface area contributed by atoms with Crippen molar-refractivity contribution in [1.82, 2.24) is 5.32 Å². The lowest BCUT2D eigenvalue weighted by Gasteiger charge is -2.23. The van der Waals surface area contributed by atoms with Gasteiger partial charge in [0.1, 0.15) is 0 Å². The van der Waals surface area contributed by atoms with Gasteiger partial charge in [-0.15, -0.1) is 0 Å². The van der Waals surface area contributed by atoms with Crippen molar-refractivity contribution in [3.05, 3.63) is 11.6 Å². The molecule has 0 heterocycles. The van der Waals surface area contributed by atoms with Crippen LogP contribution in [0.1, 0.15) is 13.3 Å². The quantitative estimate of drug-likeness (QED) is 0.480. The first-order valence-electron chi connectivity index (χ1n) is 2.68. The van der Waals surface area contributed by atoms with Crippen LogP contribution in [0.25, 0.3) is 0 Å². The van der Waals surface area contributed by atoms with Gasteiger partial charge in [0.25, 0.3) is 0 Å². The average Bonchev–Trinajstić information content (AvgIpc) is 1.65. The van der Waals surface area contributed by atoms with Gasteiger partial charge >= 0.3 is 0 Å². The van der Waals surface area contributed by atoms with E-state index in [4.69, 9.17) is 0 Å². The fourth-order valence-corrected chi connectivity index (χ4v) is 0.817. The lowest BCUT2D eigenvalue weighted by molar-refractivity contribution is 0.593. The molecular weight excluding hydrogens is 86.1 g/mol. The monoisotopic (exact) mass is 97.1 g/mol. The zero-order valence-electron chi connectivity index (χ0n) is 4.86. The minimum atomic E-state index is 0.694. The Morgan fingerprint density at radius 3 is 2.57 bits per heavy atom. The van der Waals surface area contributed by atoms with Crippen LogP contribution in [-0.4, -0.2) is 13.1 Å². The lowest BCUT2D eigenvalue weighted by Crippen LogP contribution is -2.30. The van der Waals surface area contributed by atoms with Crippen molar-refractivity contribution in [2.24, 2.45) is 0 Å². The van der Waals surface area contributed by atoms with Crippen molar-refractivity contribution < 1.29 is 0 Å². The summed E-state index contributed by atoms with van der Waals surface area (Å²) in [6.45, 7) is 2.16. The summed E-state index contributed by atoms with van der Waals surface area (Å²) >= 11 is 0. The molecule has 0 aliphatic heterocycles. The van der Waals surface area contributed by atoms with Gasteiger partial charge in [-0.25, -0.2) is 0 Å². The van der Waals surface area contributed by atoms with E-state index in [1.54, 1.807) is 0 Å². The third-order valence-electron chi connectivity index (χ3n) is 1.57. The summed E-state index contributed by atoms with van der Waals surface area (Å²) in [5.41, 5.74) is 1.49. The molecule has 1 rings (SSSR count). The average molecular weight is 97.2 g/mol. The first-order chi connectivity index (χ1) is 3.34. The van der Waals surface area contributed by atoms with Gasteiger partial charge in [0.2, 0.25) is 0 Å². The van der Waals surface area contributed by atoms with Crippen LogP contribution < -0.4 is 5.32 Å². The highest BCUT2D eigenvalue weighted by atomic mass is 14.9. The standard InChI is InChI=1S/C6H11N/c1-5-3-4-6(5)7-2/h3,6-7H,4H2,1-2H3. The normalized spacial score (nSPS) is 28.9. The second-order valence-electron chi connectivity index (χ2n) is 2.03. The molecule has 0 aromatic rings. The van der Waals surface area contributed by atoms with Gasteiger partial charge in [-0.05, 0) is 20.4 Å². The molecular formula is C6H11N. The van der Waals surface area contributed by atoms with Gasteiger partial charge < -0.3 is 5.32 Å². The van der Waals surface area contributed by atoms with E-state index in [0.29, 0.717) is 6.04 Å². The molecule has 0 saturated heterocycles. The summed E-state index contributed by atoms with van der Waals surface area (Å²) in [6.07, 6.45) is 3.48. The minimum absolute atomic E-state index is 0.694. The molecule has 1 unspecified atom stereocenters. The topological polar surface area (TPSA) is 12.0 Å². The lowest BCUT2D eigenvalue weighted by atomic mass is 9.94. The van der Waals surface area contributed by atoms with Crippen LogP contribution in [0.3, 0.4) is 0 Å². The highest BCUT2D eigenvalue weighted by Gasteiger charge is 2.13. The van der Waals surface area contributed by atoms with Crippen LogP contribution in [0.5, 0.6) is 0 Å². The molecule has 7 heavy (non-hydrogen) atoms.